The first-order valence-electron chi connectivity index (χ1n) is 6.08. The fraction of sp³-hybridized carbons (Fsp3) is 0.214. The fourth-order valence-electron chi connectivity index (χ4n) is 1.82. The van der Waals surface area contributed by atoms with Gasteiger partial charge in [-0.2, -0.15) is 0 Å². The first kappa shape index (κ1) is 14.8. The minimum Gasteiger partial charge on any atom is -0.456 e. The van der Waals surface area contributed by atoms with Crippen LogP contribution in [-0.4, -0.2) is 10.5 Å². The van der Waals surface area contributed by atoms with Gasteiger partial charge >= 0.3 is 5.97 Å². The molecule has 4 nitrogen and oxygen atoms in total. The van der Waals surface area contributed by atoms with E-state index in [2.05, 4.69) is 0 Å². The summed E-state index contributed by atoms with van der Waals surface area (Å²) in [6.07, 6.45) is 1.70. The van der Waals surface area contributed by atoms with Crippen LogP contribution >= 0.6 is 23.2 Å². The number of halogens is 2. The van der Waals surface area contributed by atoms with Gasteiger partial charge in [0.05, 0.1) is 15.7 Å². The van der Waals surface area contributed by atoms with Crippen LogP contribution in [0.4, 0.5) is 5.69 Å². The highest BCUT2D eigenvalue weighted by molar-refractivity contribution is 6.42. The number of benzene rings is 1. The summed E-state index contributed by atoms with van der Waals surface area (Å²) in [5.74, 6) is -0.422. The molecule has 1 aromatic carbocycles. The maximum absolute atomic E-state index is 12.0. The van der Waals surface area contributed by atoms with Crippen molar-refractivity contribution < 1.29 is 9.53 Å². The predicted molar refractivity (Wildman–Crippen MR) is 80.1 cm³/mol. The highest BCUT2D eigenvalue weighted by atomic mass is 35.5. The van der Waals surface area contributed by atoms with Crippen LogP contribution in [0.2, 0.25) is 10.0 Å². The van der Waals surface area contributed by atoms with E-state index in [4.69, 9.17) is 33.7 Å². The van der Waals surface area contributed by atoms with E-state index in [0.717, 1.165) is 5.56 Å². The van der Waals surface area contributed by atoms with Crippen LogP contribution in [-0.2, 0) is 17.9 Å². The molecule has 0 aliphatic heterocycles. The third-order valence-corrected chi connectivity index (χ3v) is 3.56. The number of hydrogen-bond donors (Lipinski definition) is 1. The molecule has 0 aliphatic rings. The normalized spacial score (nSPS) is 10.6. The minimum absolute atomic E-state index is 0.129. The molecule has 0 radical (unpaired) electrons. The first-order chi connectivity index (χ1) is 9.51. The fourth-order valence-corrected chi connectivity index (χ4v) is 2.14. The molecule has 2 rings (SSSR count). The number of carbonyl (C=O) groups is 1. The lowest BCUT2D eigenvalue weighted by molar-refractivity contribution is 0.0460. The molecule has 2 N–H and O–H groups in total. The molecule has 0 amide bonds. The van der Waals surface area contributed by atoms with Crippen LogP contribution in [0.1, 0.15) is 23.0 Å². The number of nitrogens with two attached hydrogens (primary N) is 1. The lowest BCUT2D eigenvalue weighted by Crippen LogP contribution is -2.11. The van der Waals surface area contributed by atoms with Crippen molar-refractivity contribution in [3.63, 3.8) is 0 Å². The molecule has 6 heteroatoms. The number of nitrogen functional groups attached to an aromatic ring is 1. The van der Waals surface area contributed by atoms with Crippen LogP contribution in [0.5, 0.6) is 0 Å². The second kappa shape index (κ2) is 6.20. The van der Waals surface area contributed by atoms with Crippen LogP contribution in [0.15, 0.2) is 30.5 Å². The lowest BCUT2D eigenvalue weighted by Gasteiger charge is -2.07. The van der Waals surface area contributed by atoms with Gasteiger partial charge < -0.3 is 15.0 Å². The minimum atomic E-state index is -0.422. The number of nitrogens with zero attached hydrogens (tertiary/aromatic N) is 1. The summed E-state index contributed by atoms with van der Waals surface area (Å²) < 4.78 is 6.99. The maximum Gasteiger partial charge on any atom is 0.355 e. The zero-order valence-electron chi connectivity index (χ0n) is 10.9. The van der Waals surface area contributed by atoms with E-state index < -0.39 is 5.97 Å². The van der Waals surface area contributed by atoms with Crippen molar-refractivity contribution in [3.8, 4) is 0 Å². The molecule has 0 bridgehead atoms. The summed E-state index contributed by atoms with van der Waals surface area (Å²) in [6.45, 7) is 2.70. The highest BCUT2D eigenvalue weighted by Crippen LogP contribution is 2.23. The molecule has 0 fully saturated rings. The number of anilines is 1. The van der Waals surface area contributed by atoms with Crippen LogP contribution in [0.25, 0.3) is 0 Å². The number of aromatic nitrogens is 1. The molecule has 20 heavy (non-hydrogen) atoms. The Bertz CT molecular complexity index is 638. The van der Waals surface area contributed by atoms with Crippen molar-refractivity contribution in [1.82, 2.24) is 4.57 Å². The van der Waals surface area contributed by atoms with Crippen LogP contribution in [0.3, 0.4) is 0 Å². The summed E-state index contributed by atoms with van der Waals surface area (Å²) in [4.78, 5) is 12.0. The Labute approximate surface area is 127 Å². The molecule has 0 spiro atoms. The Balaban J connectivity index is 2.06. The van der Waals surface area contributed by atoms with Gasteiger partial charge in [0.2, 0.25) is 0 Å². The second-order valence-electron chi connectivity index (χ2n) is 4.27. The second-order valence-corrected chi connectivity index (χ2v) is 5.08. The van der Waals surface area contributed by atoms with Gasteiger partial charge in [-0.1, -0.05) is 29.3 Å². The first-order valence-corrected chi connectivity index (χ1v) is 6.83. The Morgan fingerprint density at radius 2 is 2.05 bits per heavy atom. The quantitative estimate of drug-likeness (QED) is 0.875. The van der Waals surface area contributed by atoms with Crippen molar-refractivity contribution in [2.45, 2.75) is 20.1 Å². The Morgan fingerprint density at radius 3 is 2.70 bits per heavy atom. The average molecular weight is 313 g/mol. The third kappa shape index (κ3) is 3.26. The van der Waals surface area contributed by atoms with Crippen molar-refractivity contribution in [2.75, 3.05) is 5.73 Å². The molecular weight excluding hydrogens is 299 g/mol. The van der Waals surface area contributed by atoms with Gasteiger partial charge in [-0.05, 0) is 30.7 Å². The van der Waals surface area contributed by atoms with Crippen molar-refractivity contribution in [3.05, 3.63) is 51.8 Å². The van der Waals surface area contributed by atoms with Crippen LogP contribution < -0.4 is 5.73 Å². The number of carbonyl (C=O) groups excluding carboxylic acids is 1. The monoisotopic (exact) mass is 312 g/mol. The summed E-state index contributed by atoms with van der Waals surface area (Å²) in [5.41, 5.74) is 7.42. The summed E-state index contributed by atoms with van der Waals surface area (Å²) in [5, 5.41) is 0.899. The summed E-state index contributed by atoms with van der Waals surface area (Å²) in [6, 6.07) is 6.69. The van der Waals surface area contributed by atoms with Gasteiger partial charge in [0, 0.05) is 12.7 Å². The molecule has 0 unspecified atom stereocenters. The number of hydrogen-bond acceptors (Lipinski definition) is 3. The smallest absolute Gasteiger partial charge is 0.355 e. The van der Waals surface area contributed by atoms with Gasteiger partial charge in [-0.25, -0.2) is 4.79 Å². The van der Waals surface area contributed by atoms with E-state index in [9.17, 15) is 4.79 Å². The van der Waals surface area contributed by atoms with E-state index in [1.807, 2.05) is 6.92 Å². The highest BCUT2D eigenvalue weighted by Gasteiger charge is 2.13. The zero-order valence-corrected chi connectivity index (χ0v) is 12.4. The van der Waals surface area contributed by atoms with Gasteiger partial charge in [-0.15, -0.1) is 0 Å². The molecule has 106 valence electrons. The largest absolute Gasteiger partial charge is 0.456 e. The van der Waals surface area contributed by atoms with Crippen molar-refractivity contribution >= 4 is 34.9 Å². The molecule has 0 atom stereocenters. The van der Waals surface area contributed by atoms with E-state index in [1.165, 1.54) is 0 Å². The number of aryl methyl sites for hydroxylation is 1. The summed E-state index contributed by atoms with van der Waals surface area (Å²) in [7, 11) is 0. The van der Waals surface area contributed by atoms with Crippen molar-refractivity contribution in [1.29, 1.82) is 0 Å². The standard InChI is InChI=1S/C14H14Cl2N2O2/c1-2-18-7-10(17)6-13(18)14(19)20-8-9-3-4-11(15)12(16)5-9/h3-7H,2,8,17H2,1H3. The van der Waals surface area contributed by atoms with Gasteiger partial charge in [0.25, 0.3) is 0 Å². The van der Waals surface area contributed by atoms with Gasteiger partial charge in [0.15, 0.2) is 0 Å². The Kier molecular flexibility index (Phi) is 4.57. The molecule has 1 aromatic heterocycles. The van der Waals surface area contributed by atoms with E-state index >= 15 is 0 Å². The van der Waals surface area contributed by atoms with E-state index in [0.29, 0.717) is 28.0 Å². The SMILES string of the molecule is CCn1cc(N)cc1C(=O)OCc1ccc(Cl)c(Cl)c1. The third-order valence-electron chi connectivity index (χ3n) is 2.82. The molecule has 0 saturated heterocycles. The molecule has 0 saturated carbocycles. The van der Waals surface area contributed by atoms with E-state index in [-0.39, 0.29) is 6.61 Å². The molecule has 0 aliphatic carbocycles. The molecule has 2 aromatic rings. The molecule has 1 heterocycles. The van der Waals surface area contributed by atoms with Crippen molar-refractivity contribution in [2.24, 2.45) is 0 Å². The zero-order chi connectivity index (χ0) is 14.7. The van der Waals surface area contributed by atoms with Crippen LogP contribution in [0, 0.1) is 0 Å². The number of ether oxygens (including phenoxy) is 1. The molecular formula is C14H14Cl2N2O2. The lowest BCUT2D eigenvalue weighted by atomic mass is 10.2. The number of rotatable bonds is 4. The topological polar surface area (TPSA) is 57.2 Å². The Morgan fingerprint density at radius 1 is 1.30 bits per heavy atom. The van der Waals surface area contributed by atoms with E-state index in [1.54, 1.807) is 35.0 Å². The average Bonchev–Trinajstić information content (AvgIpc) is 2.81. The Hall–Kier alpha value is -1.65. The maximum atomic E-state index is 12.0. The summed E-state index contributed by atoms with van der Waals surface area (Å²) >= 11 is 11.7. The predicted octanol–water partition coefficient (Wildman–Crippen LogP) is 3.75. The number of esters is 1. The van der Waals surface area contributed by atoms with Gasteiger partial charge in [-0.3, -0.25) is 0 Å². The van der Waals surface area contributed by atoms with Gasteiger partial charge in [0.1, 0.15) is 12.3 Å².